The van der Waals surface area contributed by atoms with Crippen molar-refractivity contribution in [2.75, 3.05) is 18.0 Å². The van der Waals surface area contributed by atoms with Crippen molar-refractivity contribution in [1.82, 2.24) is 5.32 Å². The summed E-state index contributed by atoms with van der Waals surface area (Å²) in [5.74, 6) is -0.0439. The Bertz CT molecular complexity index is 638. The minimum Gasteiger partial charge on any atom is -0.354 e. The Labute approximate surface area is 134 Å². The summed E-state index contributed by atoms with van der Waals surface area (Å²) in [4.78, 5) is 26.4. The monoisotopic (exact) mass is 316 g/mol. The molecule has 1 aromatic carbocycles. The number of para-hydroxylation sites is 1. The number of nitrogens with zero attached hydrogens (tertiary/aromatic N) is 1. The van der Waals surface area contributed by atoms with Gasteiger partial charge in [0.05, 0.1) is 6.42 Å². The van der Waals surface area contributed by atoms with Crippen LogP contribution in [0.5, 0.6) is 0 Å². The highest BCUT2D eigenvalue weighted by Crippen LogP contribution is 2.19. The van der Waals surface area contributed by atoms with Gasteiger partial charge in [-0.25, -0.2) is 0 Å². The van der Waals surface area contributed by atoms with Crippen molar-refractivity contribution < 1.29 is 9.59 Å². The lowest BCUT2D eigenvalue weighted by Crippen LogP contribution is -2.38. The summed E-state index contributed by atoms with van der Waals surface area (Å²) in [5, 5.41) is 4.83. The standard InChI is InChI=1S/C17H20N2O2S/c1-13-6-3-4-8-16(13)19(14(2)20)10-9-18-17(21)12-15-7-5-11-22-15/h3-8,11H,9-10,12H2,1-2H3,(H,18,21). The third-order valence-corrected chi connectivity index (χ3v) is 4.24. The molecular weight excluding hydrogens is 296 g/mol. The summed E-state index contributed by atoms with van der Waals surface area (Å²) in [6.45, 7) is 4.43. The largest absolute Gasteiger partial charge is 0.354 e. The molecule has 2 amide bonds. The lowest BCUT2D eigenvalue weighted by atomic mass is 10.2. The lowest BCUT2D eigenvalue weighted by Gasteiger charge is -2.23. The number of carbonyl (C=O) groups is 2. The third-order valence-electron chi connectivity index (χ3n) is 3.36. The molecule has 0 atom stereocenters. The molecule has 5 heteroatoms. The molecule has 0 radical (unpaired) electrons. The summed E-state index contributed by atoms with van der Waals surface area (Å²) >= 11 is 1.57. The second-order valence-corrected chi connectivity index (χ2v) is 6.10. The second kappa shape index (κ2) is 7.75. The first kappa shape index (κ1) is 16.2. The van der Waals surface area contributed by atoms with Crippen molar-refractivity contribution in [2.45, 2.75) is 20.3 Å². The van der Waals surface area contributed by atoms with Crippen LogP contribution in [0.2, 0.25) is 0 Å². The van der Waals surface area contributed by atoms with Crippen LogP contribution in [0, 0.1) is 6.92 Å². The smallest absolute Gasteiger partial charge is 0.225 e. The van der Waals surface area contributed by atoms with Crippen molar-refractivity contribution in [3.05, 3.63) is 52.2 Å². The number of benzene rings is 1. The average Bonchev–Trinajstić information content (AvgIpc) is 2.97. The highest BCUT2D eigenvalue weighted by molar-refractivity contribution is 7.10. The second-order valence-electron chi connectivity index (χ2n) is 5.06. The maximum atomic E-state index is 11.9. The zero-order chi connectivity index (χ0) is 15.9. The summed E-state index contributed by atoms with van der Waals surface area (Å²) in [7, 11) is 0. The quantitative estimate of drug-likeness (QED) is 0.891. The van der Waals surface area contributed by atoms with Crippen LogP contribution in [-0.4, -0.2) is 24.9 Å². The number of anilines is 1. The Morgan fingerprint density at radius 3 is 2.59 bits per heavy atom. The van der Waals surface area contributed by atoms with E-state index in [2.05, 4.69) is 5.32 Å². The summed E-state index contributed by atoms with van der Waals surface area (Å²) in [5.41, 5.74) is 1.94. The number of hydrogen-bond donors (Lipinski definition) is 1. The van der Waals surface area contributed by atoms with E-state index in [1.165, 1.54) is 0 Å². The molecule has 0 aliphatic rings. The molecule has 0 aliphatic heterocycles. The van der Waals surface area contributed by atoms with Crippen LogP contribution in [0.3, 0.4) is 0 Å². The van der Waals surface area contributed by atoms with E-state index in [1.54, 1.807) is 23.2 Å². The average molecular weight is 316 g/mol. The van der Waals surface area contributed by atoms with Gasteiger partial charge in [0.2, 0.25) is 11.8 Å². The fourth-order valence-corrected chi connectivity index (χ4v) is 2.96. The van der Waals surface area contributed by atoms with Crippen molar-refractivity contribution in [3.8, 4) is 0 Å². The molecule has 0 saturated heterocycles. The van der Waals surface area contributed by atoms with Crippen LogP contribution >= 0.6 is 11.3 Å². The number of nitrogens with one attached hydrogen (secondary N) is 1. The molecular formula is C17H20N2O2S. The maximum absolute atomic E-state index is 11.9. The minimum absolute atomic E-state index is 0.0178. The Hall–Kier alpha value is -2.14. The molecule has 1 aromatic heterocycles. The zero-order valence-electron chi connectivity index (χ0n) is 12.8. The summed E-state index contributed by atoms with van der Waals surface area (Å²) in [6, 6.07) is 11.6. The van der Waals surface area contributed by atoms with E-state index >= 15 is 0 Å². The number of hydrogen-bond acceptors (Lipinski definition) is 3. The van der Waals surface area contributed by atoms with Gasteiger partial charge in [0, 0.05) is 30.6 Å². The molecule has 1 heterocycles. The molecule has 0 spiro atoms. The molecule has 0 bridgehead atoms. The van der Waals surface area contributed by atoms with E-state index in [-0.39, 0.29) is 11.8 Å². The molecule has 22 heavy (non-hydrogen) atoms. The molecule has 4 nitrogen and oxygen atoms in total. The van der Waals surface area contributed by atoms with Gasteiger partial charge in [0.15, 0.2) is 0 Å². The fraction of sp³-hybridized carbons (Fsp3) is 0.294. The summed E-state index contributed by atoms with van der Waals surface area (Å²) in [6.07, 6.45) is 0.391. The van der Waals surface area contributed by atoms with E-state index in [1.807, 2.05) is 48.7 Å². The van der Waals surface area contributed by atoms with Crippen LogP contribution < -0.4 is 10.2 Å². The van der Waals surface area contributed by atoms with E-state index in [0.717, 1.165) is 16.1 Å². The van der Waals surface area contributed by atoms with Gasteiger partial charge in [0.25, 0.3) is 0 Å². The molecule has 0 fully saturated rings. The molecule has 0 saturated carbocycles. The highest BCUT2D eigenvalue weighted by atomic mass is 32.1. The Morgan fingerprint density at radius 2 is 1.95 bits per heavy atom. The van der Waals surface area contributed by atoms with Crippen LogP contribution in [0.25, 0.3) is 0 Å². The van der Waals surface area contributed by atoms with E-state index in [0.29, 0.717) is 19.5 Å². The van der Waals surface area contributed by atoms with Gasteiger partial charge in [-0.2, -0.15) is 0 Å². The predicted molar refractivity (Wildman–Crippen MR) is 90.2 cm³/mol. The van der Waals surface area contributed by atoms with Gasteiger partial charge in [0.1, 0.15) is 0 Å². The van der Waals surface area contributed by atoms with E-state index in [4.69, 9.17) is 0 Å². The molecule has 2 rings (SSSR count). The maximum Gasteiger partial charge on any atom is 0.225 e. The first-order valence-corrected chi connectivity index (χ1v) is 8.08. The third kappa shape index (κ3) is 4.43. The summed E-state index contributed by atoms with van der Waals surface area (Å²) < 4.78 is 0. The van der Waals surface area contributed by atoms with Crippen molar-refractivity contribution in [2.24, 2.45) is 0 Å². The Morgan fingerprint density at radius 1 is 1.18 bits per heavy atom. The van der Waals surface area contributed by atoms with Crippen molar-refractivity contribution in [3.63, 3.8) is 0 Å². The van der Waals surface area contributed by atoms with Crippen LogP contribution in [0.1, 0.15) is 17.4 Å². The number of thiophene rings is 1. The number of aryl methyl sites for hydroxylation is 1. The highest BCUT2D eigenvalue weighted by Gasteiger charge is 2.13. The van der Waals surface area contributed by atoms with Gasteiger partial charge in [-0.1, -0.05) is 24.3 Å². The number of amides is 2. The zero-order valence-corrected chi connectivity index (χ0v) is 13.7. The van der Waals surface area contributed by atoms with Crippen LogP contribution in [-0.2, 0) is 16.0 Å². The molecule has 116 valence electrons. The predicted octanol–water partition coefficient (Wildman–Crippen LogP) is 2.77. The van der Waals surface area contributed by atoms with Gasteiger partial charge in [-0.05, 0) is 30.0 Å². The van der Waals surface area contributed by atoms with Crippen molar-refractivity contribution >= 4 is 28.8 Å². The molecule has 2 aromatic rings. The Balaban J connectivity index is 1.89. The van der Waals surface area contributed by atoms with Crippen LogP contribution in [0.15, 0.2) is 41.8 Å². The Kier molecular flexibility index (Phi) is 5.72. The van der Waals surface area contributed by atoms with Crippen LogP contribution in [0.4, 0.5) is 5.69 Å². The van der Waals surface area contributed by atoms with Gasteiger partial charge >= 0.3 is 0 Å². The lowest BCUT2D eigenvalue weighted by molar-refractivity contribution is -0.120. The SMILES string of the molecule is CC(=O)N(CCNC(=O)Cc1cccs1)c1ccccc1C. The molecule has 0 aliphatic carbocycles. The first-order chi connectivity index (χ1) is 10.6. The van der Waals surface area contributed by atoms with E-state index < -0.39 is 0 Å². The number of carbonyl (C=O) groups excluding carboxylic acids is 2. The topological polar surface area (TPSA) is 49.4 Å². The first-order valence-electron chi connectivity index (χ1n) is 7.20. The van der Waals surface area contributed by atoms with E-state index in [9.17, 15) is 9.59 Å². The molecule has 0 unspecified atom stereocenters. The van der Waals surface area contributed by atoms with Gasteiger partial charge < -0.3 is 10.2 Å². The fourth-order valence-electron chi connectivity index (χ4n) is 2.25. The van der Waals surface area contributed by atoms with Gasteiger partial charge in [-0.3, -0.25) is 9.59 Å². The van der Waals surface area contributed by atoms with Crippen molar-refractivity contribution in [1.29, 1.82) is 0 Å². The van der Waals surface area contributed by atoms with Gasteiger partial charge in [-0.15, -0.1) is 11.3 Å². The number of rotatable bonds is 6. The molecule has 1 N–H and O–H groups in total. The minimum atomic E-state index is -0.0261. The normalized spacial score (nSPS) is 10.3.